The molecule has 0 spiro atoms. The van der Waals surface area contributed by atoms with Gasteiger partial charge < -0.3 is 15.7 Å². The van der Waals surface area contributed by atoms with E-state index in [-0.39, 0.29) is 12.5 Å². The second kappa shape index (κ2) is 6.53. The Bertz CT molecular complexity index is 393. The number of halogens is 3. The molecule has 1 aliphatic carbocycles. The SMILES string of the molecule is CC1CCC(CNC(=O)NC(C)(C(=O)O)C(F)(F)F)CC1. The van der Waals surface area contributed by atoms with E-state index >= 15 is 0 Å². The van der Waals surface area contributed by atoms with E-state index in [9.17, 15) is 22.8 Å². The van der Waals surface area contributed by atoms with Crippen LogP contribution in [0.15, 0.2) is 0 Å². The molecule has 0 heterocycles. The highest BCUT2D eigenvalue weighted by molar-refractivity contribution is 5.86. The fraction of sp³-hybridized carbons (Fsp3) is 0.846. The van der Waals surface area contributed by atoms with Gasteiger partial charge in [-0.3, -0.25) is 0 Å². The molecule has 0 aromatic heterocycles. The Morgan fingerprint density at radius 1 is 1.19 bits per heavy atom. The normalized spacial score (nSPS) is 25.8. The van der Waals surface area contributed by atoms with Crippen LogP contribution in [0, 0.1) is 11.8 Å². The Kier molecular flexibility index (Phi) is 5.47. The van der Waals surface area contributed by atoms with Crippen LogP contribution in [0.5, 0.6) is 0 Å². The molecule has 1 rings (SSSR count). The second-order valence-corrected chi connectivity index (χ2v) is 5.89. The van der Waals surface area contributed by atoms with Gasteiger partial charge in [-0.05, 0) is 31.6 Å². The lowest BCUT2D eigenvalue weighted by Crippen LogP contribution is -2.63. The molecule has 2 amide bonds. The standard InChI is InChI=1S/C13H21F3N2O3/c1-8-3-5-9(6-4-8)7-17-11(21)18-12(2,10(19)20)13(14,15)16/h8-9H,3-7H2,1-2H3,(H,19,20)(H2,17,18,21). The van der Waals surface area contributed by atoms with E-state index in [2.05, 4.69) is 12.2 Å². The number of rotatable bonds is 4. The van der Waals surface area contributed by atoms with Crippen molar-refractivity contribution in [2.75, 3.05) is 6.54 Å². The minimum atomic E-state index is -5.07. The molecule has 1 unspecified atom stereocenters. The molecule has 5 nitrogen and oxygen atoms in total. The van der Waals surface area contributed by atoms with Gasteiger partial charge in [0.25, 0.3) is 0 Å². The van der Waals surface area contributed by atoms with E-state index in [1.807, 2.05) is 0 Å². The fourth-order valence-electron chi connectivity index (χ4n) is 2.29. The van der Waals surface area contributed by atoms with E-state index in [1.165, 1.54) is 5.32 Å². The van der Waals surface area contributed by atoms with Crippen LogP contribution >= 0.6 is 0 Å². The van der Waals surface area contributed by atoms with Crippen molar-refractivity contribution in [1.29, 1.82) is 0 Å². The summed E-state index contributed by atoms with van der Waals surface area (Å²) >= 11 is 0. The number of aliphatic carboxylic acids is 1. The Hall–Kier alpha value is -1.47. The number of carbonyl (C=O) groups excluding carboxylic acids is 1. The molecule has 8 heteroatoms. The molecule has 122 valence electrons. The number of alkyl halides is 3. The predicted octanol–water partition coefficient (Wildman–Crippen LogP) is 2.52. The van der Waals surface area contributed by atoms with Crippen LogP contribution in [0.3, 0.4) is 0 Å². The minimum absolute atomic E-state index is 0.230. The van der Waals surface area contributed by atoms with E-state index in [4.69, 9.17) is 5.11 Å². The minimum Gasteiger partial charge on any atom is -0.479 e. The number of amides is 2. The molecule has 21 heavy (non-hydrogen) atoms. The fourth-order valence-corrected chi connectivity index (χ4v) is 2.29. The Labute approximate surface area is 121 Å². The van der Waals surface area contributed by atoms with E-state index in [0.717, 1.165) is 25.7 Å². The average molecular weight is 310 g/mol. The first-order chi connectivity index (χ1) is 9.56. The van der Waals surface area contributed by atoms with Crippen LogP contribution in [-0.2, 0) is 4.79 Å². The monoisotopic (exact) mass is 310 g/mol. The van der Waals surface area contributed by atoms with Crippen molar-refractivity contribution in [1.82, 2.24) is 10.6 Å². The quantitative estimate of drug-likeness (QED) is 0.746. The maximum atomic E-state index is 12.7. The Morgan fingerprint density at radius 3 is 2.14 bits per heavy atom. The van der Waals surface area contributed by atoms with Gasteiger partial charge in [-0.25, -0.2) is 9.59 Å². The van der Waals surface area contributed by atoms with Crippen molar-refractivity contribution in [2.24, 2.45) is 11.8 Å². The number of carboxylic acid groups (broad SMARTS) is 1. The van der Waals surface area contributed by atoms with Crippen LogP contribution in [-0.4, -0.2) is 35.4 Å². The highest BCUT2D eigenvalue weighted by atomic mass is 19.4. The smallest absolute Gasteiger partial charge is 0.422 e. The highest BCUT2D eigenvalue weighted by Crippen LogP contribution is 2.30. The summed E-state index contributed by atoms with van der Waals surface area (Å²) in [6.07, 6.45) is -1.18. The van der Waals surface area contributed by atoms with Crippen LogP contribution in [0.25, 0.3) is 0 Å². The van der Waals surface area contributed by atoms with Gasteiger partial charge in [0.15, 0.2) is 0 Å². The van der Waals surface area contributed by atoms with Gasteiger partial charge in [0.05, 0.1) is 0 Å². The number of carbonyl (C=O) groups is 2. The maximum absolute atomic E-state index is 12.7. The largest absolute Gasteiger partial charge is 0.479 e. The van der Waals surface area contributed by atoms with Crippen molar-refractivity contribution in [3.63, 3.8) is 0 Å². The summed E-state index contributed by atoms with van der Waals surface area (Å²) in [5.74, 6) is -1.28. The Balaban J connectivity index is 2.50. The number of urea groups is 1. The summed E-state index contributed by atoms with van der Waals surface area (Å²) in [5, 5.41) is 12.5. The summed E-state index contributed by atoms with van der Waals surface area (Å²) in [6.45, 7) is 2.82. The molecule has 0 aromatic rings. The van der Waals surface area contributed by atoms with Crippen LogP contribution in [0.2, 0.25) is 0 Å². The van der Waals surface area contributed by atoms with E-state index in [0.29, 0.717) is 12.8 Å². The zero-order valence-corrected chi connectivity index (χ0v) is 12.1. The second-order valence-electron chi connectivity index (χ2n) is 5.89. The molecule has 0 aliphatic heterocycles. The number of nitrogens with one attached hydrogen (secondary N) is 2. The molecule has 3 N–H and O–H groups in total. The molecule has 0 bridgehead atoms. The molecule has 0 aromatic carbocycles. The topological polar surface area (TPSA) is 78.4 Å². The first-order valence-corrected chi connectivity index (χ1v) is 6.92. The molecular weight excluding hydrogens is 289 g/mol. The predicted molar refractivity (Wildman–Crippen MR) is 69.8 cm³/mol. The summed E-state index contributed by atoms with van der Waals surface area (Å²) in [7, 11) is 0. The van der Waals surface area contributed by atoms with Gasteiger partial charge in [-0.15, -0.1) is 0 Å². The lowest BCUT2D eigenvalue weighted by molar-refractivity contribution is -0.203. The molecule has 1 atom stereocenters. The van der Waals surface area contributed by atoms with Crippen molar-refractivity contribution in [3.05, 3.63) is 0 Å². The van der Waals surface area contributed by atoms with Gasteiger partial charge in [0.2, 0.25) is 5.54 Å². The third-order valence-corrected chi connectivity index (χ3v) is 4.04. The van der Waals surface area contributed by atoms with Gasteiger partial charge in [0.1, 0.15) is 0 Å². The molecule has 1 fully saturated rings. The first-order valence-electron chi connectivity index (χ1n) is 6.92. The van der Waals surface area contributed by atoms with Gasteiger partial charge in [-0.1, -0.05) is 19.8 Å². The van der Waals surface area contributed by atoms with Gasteiger partial charge >= 0.3 is 18.2 Å². The lowest BCUT2D eigenvalue weighted by atomic mass is 9.83. The van der Waals surface area contributed by atoms with Crippen molar-refractivity contribution < 1.29 is 27.9 Å². The van der Waals surface area contributed by atoms with Crippen LogP contribution in [0.1, 0.15) is 39.5 Å². The maximum Gasteiger partial charge on any atom is 0.422 e. The average Bonchev–Trinajstić information content (AvgIpc) is 2.36. The van der Waals surface area contributed by atoms with Crippen LogP contribution in [0.4, 0.5) is 18.0 Å². The summed E-state index contributed by atoms with van der Waals surface area (Å²) in [5.41, 5.74) is -3.29. The number of hydrogen-bond donors (Lipinski definition) is 3. The third-order valence-electron chi connectivity index (χ3n) is 4.04. The van der Waals surface area contributed by atoms with E-state index in [1.54, 1.807) is 0 Å². The van der Waals surface area contributed by atoms with Crippen molar-refractivity contribution in [3.8, 4) is 0 Å². The van der Waals surface area contributed by atoms with Crippen molar-refractivity contribution >= 4 is 12.0 Å². The third kappa shape index (κ3) is 4.50. The molecule has 1 aliphatic rings. The van der Waals surface area contributed by atoms with Crippen LogP contribution < -0.4 is 10.6 Å². The summed E-state index contributed by atoms with van der Waals surface area (Å²) in [4.78, 5) is 22.3. The van der Waals surface area contributed by atoms with Crippen molar-refractivity contribution in [2.45, 2.75) is 51.2 Å². The van der Waals surface area contributed by atoms with E-state index < -0.39 is 23.7 Å². The lowest BCUT2D eigenvalue weighted by Gasteiger charge is -2.30. The molecule has 0 saturated heterocycles. The number of hydrogen-bond acceptors (Lipinski definition) is 2. The summed E-state index contributed by atoms with van der Waals surface area (Å²) in [6, 6.07) is -1.11. The first kappa shape index (κ1) is 17.6. The zero-order chi connectivity index (χ0) is 16.3. The zero-order valence-electron chi connectivity index (χ0n) is 12.1. The highest BCUT2D eigenvalue weighted by Gasteiger charge is 2.58. The van der Waals surface area contributed by atoms with Gasteiger partial charge in [-0.2, -0.15) is 13.2 Å². The summed E-state index contributed by atoms with van der Waals surface area (Å²) < 4.78 is 38.2. The Morgan fingerprint density at radius 2 is 1.71 bits per heavy atom. The molecular formula is C13H21F3N2O3. The molecule has 0 radical (unpaired) electrons. The molecule has 1 saturated carbocycles. The number of carboxylic acids is 1. The van der Waals surface area contributed by atoms with Gasteiger partial charge in [0, 0.05) is 6.54 Å².